The number of carbonyl (C=O) groups is 1. The fraction of sp³-hybridized carbons (Fsp3) is 0.917. The Morgan fingerprint density at radius 1 is 1.59 bits per heavy atom. The summed E-state index contributed by atoms with van der Waals surface area (Å²) in [6, 6.07) is 0. The van der Waals surface area contributed by atoms with Gasteiger partial charge in [-0.3, -0.25) is 0 Å². The van der Waals surface area contributed by atoms with Gasteiger partial charge in [-0.25, -0.2) is 4.79 Å². The molecule has 1 saturated heterocycles. The molecule has 0 aromatic rings. The van der Waals surface area contributed by atoms with Gasteiger partial charge in [-0.2, -0.15) is 0 Å². The molecular formula is C12H22O4S. The van der Waals surface area contributed by atoms with Gasteiger partial charge in [-0.05, 0) is 32.6 Å². The molecule has 1 aliphatic rings. The monoisotopic (exact) mass is 262 g/mol. The number of ether oxygens (including phenoxy) is 1. The van der Waals surface area contributed by atoms with E-state index in [-0.39, 0.29) is 5.92 Å². The van der Waals surface area contributed by atoms with E-state index < -0.39 is 23.1 Å². The number of carboxylic acid groups (broad SMARTS) is 1. The molecule has 0 aliphatic carbocycles. The van der Waals surface area contributed by atoms with Crippen LogP contribution in [0.5, 0.6) is 0 Å². The van der Waals surface area contributed by atoms with Crippen molar-refractivity contribution in [2.45, 2.75) is 62.9 Å². The van der Waals surface area contributed by atoms with Gasteiger partial charge in [0.05, 0.1) is 6.10 Å². The van der Waals surface area contributed by atoms with Crippen LogP contribution in [0.15, 0.2) is 0 Å². The van der Waals surface area contributed by atoms with E-state index in [1.165, 1.54) is 6.92 Å². The summed E-state index contributed by atoms with van der Waals surface area (Å²) in [5.41, 5.74) is 0. The maximum Gasteiger partial charge on any atom is 0.332 e. The first-order valence-corrected chi connectivity index (χ1v) is 6.98. The SMILES string of the molecule is CCC1CC(C)[C@@](O[C@@H](C)C(=O)O)(C(C)O)S1. The van der Waals surface area contributed by atoms with E-state index in [0.717, 1.165) is 12.8 Å². The van der Waals surface area contributed by atoms with Crippen LogP contribution in [0.25, 0.3) is 0 Å². The van der Waals surface area contributed by atoms with E-state index >= 15 is 0 Å². The fourth-order valence-electron chi connectivity index (χ4n) is 2.31. The zero-order chi connectivity index (χ0) is 13.2. The Morgan fingerprint density at radius 3 is 2.53 bits per heavy atom. The second kappa shape index (κ2) is 5.59. The molecule has 2 N–H and O–H groups in total. The maximum absolute atomic E-state index is 10.9. The van der Waals surface area contributed by atoms with Crippen LogP contribution in [0.4, 0.5) is 0 Å². The van der Waals surface area contributed by atoms with Gasteiger partial charge in [0, 0.05) is 5.25 Å². The highest BCUT2D eigenvalue weighted by Crippen LogP contribution is 2.51. The number of aliphatic carboxylic acids is 1. The van der Waals surface area contributed by atoms with E-state index in [0.29, 0.717) is 5.25 Å². The van der Waals surface area contributed by atoms with Crippen molar-refractivity contribution in [2.75, 3.05) is 0 Å². The quantitative estimate of drug-likeness (QED) is 0.794. The lowest BCUT2D eigenvalue weighted by atomic mass is 9.94. The third-order valence-corrected chi connectivity index (χ3v) is 5.47. The lowest BCUT2D eigenvalue weighted by molar-refractivity contribution is -0.165. The van der Waals surface area contributed by atoms with Gasteiger partial charge < -0.3 is 14.9 Å². The molecule has 0 spiro atoms. The number of hydrogen-bond donors (Lipinski definition) is 2. The van der Waals surface area contributed by atoms with Crippen molar-refractivity contribution in [1.82, 2.24) is 0 Å². The minimum Gasteiger partial charge on any atom is -0.479 e. The van der Waals surface area contributed by atoms with Crippen LogP contribution in [-0.2, 0) is 9.53 Å². The highest BCUT2D eigenvalue weighted by Gasteiger charge is 2.51. The van der Waals surface area contributed by atoms with Crippen LogP contribution < -0.4 is 0 Å². The van der Waals surface area contributed by atoms with Gasteiger partial charge in [0.2, 0.25) is 0 Å². The van der Waals surface area contributed by atoms with Crippen molar-refractivity contribution in [2.24, 2.45) is 5.92 Å². The summed E-state index contributed by atoms with van der Waals surface area (Å²) >= 11 is 1.58. The summed E-state index contributed by atoms with van der Waals surface area (Å²) in [6.07, 6.45) is 0.392. The van der Waals surface area contributed by atoms with Crippen molar-refractivity contribution in [3.8, 4) is 0 Å². The Morgan fingerprint density at radius 2 is 2.18 bits per heavy atom. The average Bonchev–Trinajstić information content (AvgIpc) is 2.56. The second-order valence-corrected chi connectivity index (χ2v) is 6.32. The lowest BCUT2D eigenvalue weighted by Crippen LogP contribution is -2.46. The largest absolute Gasteiger partial charge is 0.479 e. The highest BCUT2D eigenvalue weighted by atomic mass is 32.2. The van der Waals surface area contributed by atoms with Crippen molar-refractivity contribution in [1.29, 1.82) is 0 Å². The zero-order valence-corrected chi connectivity index (χ0v) is 11.7. The third-order valence-electron chi connectivity index (χ3n) is 3.40. The van der Waals surface area contributed by atoms with Crippen molar-refractivity contribution in [3.63, 3.8) is 0 Å². The van der Waals surface area contributed by atoms with Crippen molar-refractivity contribution in [3.05, 3.63) is 0 Å². The van der Waals surface area contributed by atoms with Gasteiger partial charge in [0.1, 0.15) is 4.93 Å². The standard InChI is InChI=1S/C12H22O4S/c1-5-10-6-7(2)12(17-10,9(4)13)16-8(3)11(14)15/h7-10,13H,5-6H2,1-4H3,(H,14,15)/t7?,8-,9?,10?,12-/m0/s1. The first-order valence-electron chi connectivity index (χ1n) is 6.10. The number of carboxylic acids is 1. The van der Waals surface area contributed by atoms with E-state index in [2.05, 4.69) is 6.92 Å². The molecule has 17 heavy (non-hydrogen) atoms. The molecule has 0 amide bonds. The number of aliphatic hydroxyl groups excluding tert-OH is 1. The highest BCUT2D eigenvalue weighted by molar-refractivity contribution is 8.01. The van der Waals surface area contributed by atoms with Gasteiger partial charge in [0.25, 0.3) is 0 Å². The zero-order valence-electron chi connectivity index (χ0n) is 10.8. The molecule has 1 heterocycles. The number of hydrogen-bond acceptors (Lipinski definition) is 4. The molecule has 5 atom stereocenters. The maximum atomic E-state index is 10.9. The molecule has 1 fully saturated rings. The van der Waals surface area contributed by atoms with Crippen LogP contribution in [0.3, 0.4) is 0 Å². The first kappa shape index (κ1) is 14.8. The minimum atomic E-state index is -0.988. The topological polar surface area (TPSA) is 66.8 Å². The number of thioether (sulfide) groups is 1. The predicted octanol–water partition coefficient (Wildman–Crippen LogP) is 2.10. The molecule has 1 aliphatic heterocycles. The lowest BCUT2D eigenvalue weighted by Gasteiger charge is -2.37. The van der Waals surface area contributed by atoms with Gasteiger partial charge in [-0.15, -0.1) is 11.8 Å². The molecule has 1 rings (SSSR count). The molecule has 0 radical (unpaired) electrons. The molecule has 0 aromatic heterocycles. The number of rotatable bonds is 5. The Balaban J connectivity index is 2.87. The van der Waals surface area contributed by atoms with Gasteiger partial charge in [-0.1, -0.05) is 13.8 Å². The number of aliphatic hydroxyl groups is 1. The summed E-state index contributed by atoms with van der Waals surface area (Å²) in [5, 5.41) is 19.3. The average molecular weight is 262 g/mol. The fourth-order valence-corrected chi connectivity index (χ4v) is 4.11. The van der Waals surface area contributed by atoms with Crippen LogP contribution in [-0.4, -0.2) is 38.6 Å². The Labute approximate surface area is 107 Å². The summed E-state index contributed by atoms with van der Waals surface area (Å²) in [4.78, 5) is 10.1. The normalized spacial score (nSPS) is 36.8. The summed E-state index contributed by atoms with van der Waals surface area (Å²) in [6.45, 7) is 7.31. The Kier molecular flexibility index (Phi) is 4.86. The predicted molar refractivity (Wildman–Crippen MR) is 68.0 cm³/mol. The molecule has 0 aromatic carbocycles. The molecule has 100 valence electrons. The summed E-state index contributed by atoms with van der Waals surface area (Å²) in [7, 11) is 0. The van der Waals surface area contributed by atoms with Gasteiger partial charge >= 0.3 is 5.97 Å². The summed E-state index contributed by atoms with van der Waals surface area (Å²) in [5.74, 6) is -0.836. The van der Waals surface area contributed by atoms with Crippen LogP contribution in [0.1, 0.15) is 40.5 Å². The van der Waals surface area contributed by atoms with Crippen LogP contribution in [0, 0.1) is 5.92 Å². The molecule has 5 heteroatoms. The Hall–Kier alpha value is -0.260. The minimum absolute atomic E-state index is 0.152. The Bertz CT molecular complexity index is 282. The third kappa shape index (κ3) is 2.95. The molecular weight excluding hydrogens is 240 g/mol. The molecule has 0 saturated carbocycles. The van der Waals surface area contributed by atoms with Gasteiger partial charge in [0.15, 0.2) is 6.10 Å². The van der Waals surface area contributed by atoms with Crippen LogP contribution in [0.2, 0.25) is 0 Å². The second-order valence-electron chi connectivity index (χ2n) is 4.78. The van der Waals surface area contributed by atoms with E-state index in [1.807, 2.05) is 6.92 Å². The molecule has 4 nitrogen and oxygen atoms in total. The molecule has 3 unspecified atom stereocenters. The van der Waals surface area contributed by atoms with E-state index in [4.69, 9.17) is 9.84 Å². The molecule has 0 bridgehead atoms. The smallest absolute Gasteiger partial charge is 0.332 e. The summed E-state index contributed by atoms with van der Waals surface area (Å²) < 4.78 is 5.68. The van der Waals surface area contributed by atoms with Crippen LogP contribution >= 0.6 is 11.8 Å². The van der Waals surface area contributed by atoms with E-state index in [1.54, 1.807) is 18.7 Å². The van der Waals surface area contributed by atoms with Crippen molar-refractivity contribution >= 4 is 17.7 Å². The van der Waals surface area contributed by atoms with E-state index in [9.17, 15) is 9.90 Å². The first-order chi connectivity index (χ1) is 7.83. The van der Waals surface area contributed by atoms with Crippen molar-refractivity contribution < 1.29 is 19.7 Å².